The monoisotopic (exact) mass is 291 g/mol. The van der Waals surface area contributed by atoms with E-state index in [4.69, 9.17) is 14.2 Å². The number of hydrogen-bond donors (Lipinski definition) is 0. The summed E-state index contributed by atoms with van der Waals surface area (Å²) in [6, 6.07) is 8.22. The molecular weight excluding hydrogens is 270 g/mol. The Hall–Kier alpha value is -1.59. The van der Waals surface area contributed by atoms with Gasteiger partial charge in [-0.25, -0.2) is 0 Å². The van der Waals surface area contributed by atoms with Gasteiger partial charge in [-0.3, -0.25) is 9.69 Å². The molecule has 1 saturated heterocycles. The zero-order valence-corrected chi connectivity index (χ0v) is 12.3. The number of fused-ring (bicyclic) bond motifs is 1. The van der Waals surface area contributed by atoms with E-state index in [0.29, 0.717) is 18.9 Å². The molecule has 2 unspecified atom stereocenters. The summed E-state index contributed by atoms with van der Waals surface area (Å²) in [5.41, 5.74) is 1.29. The number of morpholine rings is 1. The van der Waals surface area contributed by atoms with Crippen molar-refractivity contribution in [2.45, 2.75) is 18.4 Å². The van der Waals surface area contributed by atoms with E-state index in [1.807, 2.05) is 12.1 Å². The summed E-state index contributed by atoms with van der Waals surface area (Å²) < 4.78 is 16.1. The van der Waals surface area contributed by atoms with Gasteiger partial charge in [-0.05, 0) is 6.07 Å². The first-order valence-electron chi connectivity index (χ1n) is 7.38. The molecule has 0 saturated carbocycles. The average Bonchev–Trinajstić information content (AvgIpc) is 2.91. The van der Waals surface area contributed by atoms with Gasteiger partial charge in [0.1, 0.15) is 5.75 Å². The van der Waals surface area contributed by atoms with Crippen molar-refractivity contribution < 1.29 is 19.0 Å². The van der Waals surface area contributed by atoms with E-state index in [1.54, 1.807) is 0 Å². The Morgan fingerprint density at radius 3 is 3.14 bits per heavy atom. The van der Waals surface area contributed by atoms with Crippen LogP contribution in [0.3, 0.4) is 0 Å². The number of para-hydroxylation sites is 1. The lowest BCUT2D eigenvalue weighted by Gasteiger charge is -2.33. The van der Waals surface area contributed by atoms with Crippen LogP contribution in [0.15, 0.2) is 24.3 Å². The molecule has 1 aromatic carbocycles. The summed E-state index contributed by atoms with van der Waals surface area (Å²) >= 11 is 0. The van der Waals surface area contributed by atoms with Crippen LogP contribution < -0.4 is 4.74 Å². The fourth-order valence-electron chi connectivity index (χ4n) is 3.03. The first-order chi connectivity index (χ1) is 10.3. The largest absolute Gasteiger partial charge is 0.493 e. The number of rotatable bonds is 4. The molecular formula is C16H21NO4. The Kier molecular flexibility index (Phi) is 4.41. The molecule has 1 fully saturated rings. The zero-order chi connectivity index (χ0) is 14.7. The SMILES string of the molecule is COC(=O)CC1CN(CC2COc3ccccc32)CCO1. The standard InChI is InChI=1S/C16H21NO4/c1-19-16(18)8-13-10-17(6-7-20-13)9-12-11-21-15-5-3-2-4-14(12)15/h2-5,12-13H,6-11H2,1H3. The molecule has 2 heterocycles. The van der Waals surface area contributed by atoms with Crippen molar-refractivity contribution in [2.24, 2.45) is 0 Å². The summed E-state index contributed by atoms with van der Waals surface area (Å²) in [6.45, 7) is 4.01. The quantitative estimate of drug-likeness (QED) is 0.785. The molecule has 1 aromatic rings. The van der Waals surface area contributed by atoms with Crippen LogP contribution >= 0.6 is 0 Å². The van der Waals surface area contributed by atoms with Gasteiger partial charge in [0, 0.05) is 31.1 Å². The van der Waals surface area contributed by atoms with Gasteiger partial charge in [0.05, 0.1) is 32.8 Å². The van der Waals surface area contributed by atoms with Gasteiger partial charge in [0.25, 0.3) is 0 Å². The van der Waals surface area contributed by atoms with E-state index in [9.17, 15) is 4.79 Å². The molecule has 2 aliphatic rings. The average molecular weight is 291 g/mol. The van der Waals surface area contributed by atoms with Crippen LogP contribution in [0.25, 0.3) is 0 Å². The smallest absolute Gasteiger partial charge is 0.308 e. The van der Waals surface area contributed by atoms with Crippen molar-refractivity contribution in [1.82, 2.24) is 4.90 Å². The second-order valence-corrected chi connectivity index (χ2v) is 5.58. The zero-order valence-electron chi connectivity index (χ0n) is 12.3. The first kappa shape index (κ1) is 14.4. The van der Waals surface area contributed by atoms with E-state index in [0.717, 1.165) is 32.0 Å². The summed E-state index contributed by atoms with van der Waals surface area (Å²) in [7, 11) is 1.41. The molecule has 5 nitrogen and oxygen atoms in total. The van der Waals surface area contributed by atoms with E-state index in [-0.39, 0.29) is 12.1 Å². The van der Waals surface area contributed by atoms with E-state index >= 15 is 0 Å². The topological polar surface area (TPSA) is 48.0 Å². The molecule has 2 atom stereocenters. The lowest BCUT2D eigenvalue weighted by molar-refractivity contribution is -0.145. The van der Waals surface area contributed by atoms with Crippen LogP contribution in [0.2, 0.25) is 0 Å². The van der Waals surface area contributed by atoms with Crippen LogP contribution in [0.4, 0.5) is 0 Å². The highest BCUT2D eigenvalue weighted by Gasteiger charge is 2.29. The fourth-order valence-corrected chi connectivity index (χ4v) is 3.03. The predicted molar refractivity (Wildman–Crippen MR) is 77.5 cm³/mol. The maximum Gasteiger partial charge on any atom is 0.308 e. The summed E-state index contributed by atoms with van der Waals surface area (Å²) in [6.07, 6.45) is 0.258. The predicted octanol–water partition coefficient (Wildman–Crippen LogP) is 1.43. The number of hydrogen-bond acceptors (Lipinski definition) is 5. The molecule has 0 N–H and O–H groups in total. The highest BCUT2D eigenvalue weighted by atomic mass is 16.5. The highest BCUT2D eigenvalue weighted by Crippen LogP contribution is 2.34. The van der Waals surface area contributed by atoms with Gasteiger partial charge < -0.3 is 14.2 Å². The molecule has 114 valence electrons. The second kappa shape index (κ2) is 6.45. The molecule has 0 aromatic heterocycles. The van der Waals surface area contributed by atoms with Gasteiger partial charge in [-0.15, -0.1) is 0 Å². The molecule has 3 rings (SSSR count). The van der Waals surface area contributed by atoms with Crippen LogP contribution in [0, 0.1) is 0 Å². The van der Waals surface area contributed by atoms with Gasteiger partial charge >= 0.3 is 5.97 Å². The maximum absolute atomic E-state index is 11.4. The minimum atomic E-state index is -0.212. The summed E-state index contributed by atoms with van der Waals surface area (Å²) in [5.74, 6) is 1.19. The third kappa shape index (κ3) is 3.36. The van der Waals surface area contributed by atoms with Crippen molar-refractivity contribution in [1.29, 1.82) is 0 Å². The Morgan fingerprint density at radius 2 is 2.29 bits per heavy atom. The summed E-state index contributed by atoms with van der Waals surface area (Å²) in [4.78, 5) is 13.7. The van der Waals surface area contributed by atoms with Crippen LogP contribution in [0.1, 0.15) is 17.9 Å². The normalized spacial score (nSPS) is 25.2. The number of nitrogens with zero attached hydrogens (tertiary/aromatic N) is 1. The van der Waals surface area contributed by atoms with Crippen molar-refractivity contribution in [2.75, 3.05) is 40.0 Å². The number of carbonyl (C=O) groups is 1. The van der Waals surface area contributed by atoms with E-state index in [2.05, 4.69) is 17.0 Å². The molecule has 2 aliphatic heterocycles. The van der Waals surface area contributed by atoms with Crippen molar-refractivity contribution >= 4 is 5.97 Å². The van der Waals surface area contributed by atoms with Gasteiger partial charge in [-0.2, -0.15) is 0 Å². The first-order valence-corrected chi connectivity index (χ1v) is 7.38. The van der Waals surface area contributed by atoms with Crippen molar-refractivity contribution in [3.05, 3.63) is 29.8 Å². The lowest BCUT2D eigenvalue weighted by atomic mass is 10.0. The molecule has 0 bridgehead atoms. The van der Waals surface area contributed by atoms with Crippen molar-refractivity contribution in [3.63, 3.8) is 0 Å². The molecule has 0 amide bonds. The molecule has 0 spiro atoms. The van der Waals surface area contributed by atoms with Crippen molar-refractivity contribution in [3.8, 4) is 5.75 Å². The summed E-state index contributed by atoms with van der Waals surface area (Å²) in [5, 5.41) is 0. The third-order valence-corrected chi connectivity index (χ3v) is 4.12. The number of benzene rings is 1. The van der Waals surface area contributed by atoms with Gasteiger partial charge in [-0.1, -0.05) is 18.2 Å². The second-order valence-electron chi connectivity index (χ2n) is 5.58. The van der Waals surface area contributed by atoms with Crippen LogP contribution in [-0.4, -0.2) is 56.9 Å². The Bertz CT molecular complexity index is 505. The number of esters is 1. The van der Waals surface area contributed by atoms with Crippen LogP contribution in [-0.2, 0) is 14.3 Å². The Labute approximate surface area is 124 Å². The molecule has 5 heteroatoms. The van der Waals surface area contributed by atoms with Gasteiger partial charge in [0.15, 0.2) is 0 Å². The Balaban J connectivity index is 1.57. The Morgan fingerprint density at radius 1 is 1.43 bits per heavy atom. The van der Waals surface area contributed by atoms with Crippen LogP contribution in [0.5, 0.6) is 5.75 Å². The highest BCUT2D eigenvalue weighted by molar-refractivity contribution is 5.69. The lowest BCUT2D eigenvalue weighted by Crippen LogP contribution is -2.45. The fraction of sp³-hybridized carbons (Fsp3) is 0.562. The molecule has 0 aliphatic carbocycles. The number of ether oxygens (including phenoxy) is 3. The third-order valence-electron chi connectivity index (χ3n) is 4.12. The molecule has 21 heavy (non-hydrogen) atoms. The van der Waals surface area contributed by atoms with E-state index < -0.39 is 0 Å². The van der Waals surface area contributed by atoms with E-state index in [1.165, 1.54) is 12.7 Å². The minimum absolute atomic E-state index is 0.0660. The number of carbonyl (C=O) groups excluding carboxylic acids is 1. The molecule has 0 radical (unpaired) electrons. The van der Waals surface area contributed by atoms with Gasteiger partial charge in [0.2, 0.25) is 0 Å². The minimum Gasteiger partial charge on any atom is -0.493 e. The number of methoxy groups -OCH3 is 1. The maximum atomic E-state index is 11.4.